The number of aliphatic hydroxyl groups excluding tert-OH is 1. The lowest BCUT2D eigenvalue weighted by molar-refractivity contribution is 0.292. The molecule has 0 aromatic heterocycles. The maximum absolute atomic E-state index is 11.7. The van der Waals surface area contributed by atoms with Crippen molar-refractivity contribution in [2.24, 2.45) is 0 Å². The van der Waals surface area contributed by atoms with E-state index in [1.54, 1.807) is 7.05 Å². The third-order valence-corrected chi connectivity index (χ3v) is 4.44. The van der Waals surface area contributed by atoms with Crippen LogP contribution in [-0.2, 0) is 10.0 Å². The molecule has 0 fully saturated rings. The number of hydrogen-bond acceptors (Lipinski definition) is 3. The molecule has 0 rings (SSSR count). The van der Waals surface area contributed by atoms with Crippen molar-refractivity contribution < 1.29 is 13.5 Å². The largest absolute Gasteiger partial charge is 0.396 e. The van der Waals surface area contributed by atoms with Gasteiger partial charge in [-0.15, -0.1) is 0 Å². The van der Waals surface area contributed by atoms with Gasteiger partial charge in [-0.2, -0.15) is 0 Å². The number of hydrogen-bond donors (Lipinski definition) is 1. The second kappa shape index (κ2) is 6.37. The molecule has 0 bridgehead atoms. The van der Waals surface area contributed by atoms with Gasteiger partial charge in [0.15, 0.2) is 0 Å². The molecule has 0 aliphatic carbocycles. The number of rotatable bonds is 7. The van der Waals surface area contributed by atoms with Crippen LogP contribution in [0.3, 0.4) is 0 Å². The Morgan fingerprint density at radius 2 is 1.79 bits per heavy atom. The van der Waals surface area contributed by atoms with Crippen LogP contribution >= 0.6 is 0 Å². The van der Waals surface area contributed by atoms with Crippen LogP contribution in [0.4, 0.5) is 0 Å². The summed E-state index contributed by atoms with van der Waals surface area (Å²) in [4.78, 5) is 0. The minimum absolute atomic E-state index is 0.0382. The van der Waals surface area contributed by atoms with Gasteiger partial charge in [-0.05, 0) is 19.3 Å². The van der Waals surface area contributed by atoms with E-state index in [0.29, 0.717) is 6.42 Å². The zero-order chi connectivity index (χ0) is 11.2. The van der Waals surface area contributed by atoms with Crippen LogP contribution in [0.5, 0.6) is 0 Å². The number of sulfonamides is 1. The molecule has 0 aliphatic rings. The minimum atomic E-state index is -3.17. The van der Waals surface area contributed by atoms with Gasteiger partial charge in [0, 0.05) is 19.7 Å². The van der Waals surface area contributed by atoms with E-state index in [4.69, 9.17) is 5.11 Å². The molecule has 0 saturated carbocycles. The molecule has 86 valence electrons. The summed E-state index contributed by atoms with van der Waals surface area (Å²) in [5, 5.41) is 8.58. The van der Waals surface area contributed by atoms with Crippen molar-refractivity contribution in [1.29, 1.82) is 0 Å². The second-order valence-corrected chi connectivity index (χ2v) is 5.53. The van der Waals surface area contributed by atoms with Gasteiger partial charge in [0.1, 0.15) is 0 Å². The Morgan fingerprint density at radius 3 is 2.14 bits per heavy atom. The summed E-state index contributed by atoms with van der Waals surface area (Å²) in [5.41, 5.74) is 0. The van der Waals surface area contributed by atoms with Crippen molar-refractivity contribution in [2.75, 3.05) is 19.4 Å². The van der Waals surface area contributed by atoms with Gasteiger partial charge in [0.25, 0.3) is 0 Å². The first-order valence-corrected chi connectivity index (χ1v) is 6.67. The van der Waals surface area contributed by atoms with Crippen LogP contribution in [0.15, 0.2) is 0 Å². The Hall–Kier alpha value is -0.130. The van der Waals surface area contributed by atoms with Crippen LogP contribution in [0.25, 0.3) is 0 Å². The second-order valence-electron chi connectivity index (χ2n) is 3.38. The molecule has 0 amide bonds. The highest BCUT2D eigenvalue weighted by atomic mass is 32.2. The fourth-order valence-electron chi connectivity index (χ4n) is 1.42. The van der Waals surface area contributed by atoms with Crippen molar-refractivity contribution >= 4 is 10.0 Å². The Bertz CT molecular complexity index is 234. The maximum atomic E-state index is 11.7. The van der Waals surface area contributed by atoms with Crippen LogP contribution in [0.2, 0.25) is 0 Å². The van der Waals surface area contributed by atoms with E-state index in [0.717, 1.165) is 12.8 Å². The molecule has 1 N–H and O–H groups in total. The van der Waals surface area contributed by atoms with Crippen molar-refractivity contribution in [3.8, 4) is 0 Å². The van der Waals surface area contributed by atoms with E-state index in [1.807, 2.05) is 13.8 Å². The maximum Gasteiger partial charge on any atom is 0.214 e. The summed E-state index contributed by atoms with van der Waals surface area (Å²) in [5.74, 6) is 0.0382. The first-order chi connectivity index (χ1) is 6.49. The molecular weight excluding hydrogens is 202 g/mol. The quantitative estimate of drug-likeness (QED) is 0.695. The fraction of sp³-hybridized carbons (Fsp3) is 1.00. The molecule has 5 heteroatoms. The number of aliphatic hydroxyl groups is 1. The smallest absolute Gasteiger partial charge is 0.214 e. The van der Waals surface area contributed by atoms with Gasteiger partial charge in [0.2, 0.25) is 10.0 Å². The van der Waals surface area contributed by atoms with Crippen LogP contribution in [-0.4, -0.2) is 43.3 Å². The van der Waals surface area contributed by atoms with E-state index in [9.17, 15) is 8.42 Å². The van der Waals surface area contributed by atoms with Gasteiger partial charge in [-0.1, -0.05) is 13.8 Å². The highest BCUT2D eigenvalue weighted by Gasteiger charge is 2.22. The van der Waals surface area contributed by atoms with Crippen molar-refractivity contribution in [3.63, 3.8) is 0 Å². The predicted molar refractivity (Wildman–Crippen MR) is 57.6 cm³/mol. The fourth-order valence-corrected chi connectivity index (χ4v) is 2.96. The average Bonchev–Trinajstić information content (AvgIpc) is 2.16. The standard InChI is InChI=1S/C9H21NO3S/c1-4-9(5-2)10(3)14(12,13)8-6-7-11/h9,11H,4-8H2,1-3H3. The van der Waals surface area contributed by atoms with E-state index in [1.165, 1.54) is 4.31 Å². The first-order valence-electron chi connectivity index (χ1n) is 5.06. The van der Waals surface area contributed by atoms with E-state index >= 15 is 0 Å². The molecule has 0 radical (unpaired) electrons. The van der Waals surface area contributed by atoms with E-state index in [2.05, 4.69) is 0 Å². The average molecular weight is 223 g/mol. The summed E-state index contributed by atoms with van der Waals surface area (Å²) in [6.45, 7) is 3.88. The molecule has 0 atom stereocenters. The van der Waals surface area contributed by atoms with Gasteiger partial charge < -0.3 is 5.11 Å². The van der Waals surface area contributed by atoms with Crippen molar-refractivity contribution in [1.82, 2.24) is 4.31 Å². The topological polar surface area (TPSA) is 57.6 Å². The van der Waals surface area contributed by atoms with E-state index < -0.39 is 10.0 Å². The predicted octanol–water partition coefficient (Wildman–Crippen LogP) is 0.819. The first kappa shape index (κ1) is 13.9. The van der Waals surface area contributed by atoms with Gasteiger partial charge in [0.05, 0.1) is 5.75 Å². The Labute approximate surface area is 87.0 Å². The zero-order valence-electron chi connectivity index (χ0n) is 9.23. The van der Waals surface area contributed by atoms with Crippen LogP contribution in [0.1, 0.15) is 33.1 Å². The summed E-state index contributed by atoms with van der Waals surface area (Å²) in [6, 6.07) is 0.0821. The summed E-state index contributed by atoms with van der Waals surface area (Å²) < 4.78 is 24.8. The Morgan fingerprint density at radius 1 is 1.29 bits per heavy atom. The monoisotopic (exact) mass is 223 g/mol. The van der Waals surface area contributed by atoms with E-state index in [-0.39, 0.29) is 18.4 Å². The SMILES string of the molecule is CCC(CC)N(C)S(=O)(=O)CCCO. The van der Waals surface area contributed by atoms with Crippen LogP contribution in [0, 0.1) is 0 Å². The lowest BCUT2D eigenvalue weighted by Gasteiger charge is -2.25. The lowest BCUT2D eigenvalue weighted by Crippen LogP contribution is -2.37. The summed E-state index contributed by atoms with van der Waals surface area (Å²) in [6.07, 6.45) is 1.96. The van der Waals surface area contributed by atoms with Gasteiger partial charge in [-0.3, -0.25) is 0 Å². The summed E-state index contributed by atoms with van der Waals surface area (Å²) >= 11 is 0. The molecule has 0 spiro atoms. The molecular formula is C9H21NO3S. The van der Waals surface area contributed by atoms with Crippen LogP contribution < -0.4 is 0 Å². The zero-order valence-corrected chi connectivity index (χ0v) is 10.0. The molecule has 0 aliphatic heterocycles. The molecule has 0 heterocycles. The highest BCUT2D eigenvalue weighted by Crippen LogP contribution is 2.11. The lowest BCUT2D eigenvalue weighted by atomic mass is 10.2. The normalized spacial score (nSPS) is 12.7. The molecule has 14 heavy (non-hydrogen) atoms. The molecule has 0 aromatic rings. The minimum Gasteiger partial charge on any atom is -0.396 e. The summed E-state index contributed by atoms with van der Waals surface area (Å²) in [7, 11) is -1.56. The Kier molecular flexibility index (Phi) is 6.31. The van der Waals surface area contributed by atoms with Gasteiger partial charge >= 0.3 is 0 Å². The molecule has 0 aromatic carbocycles. The molecule has 0 unspecified atom stereocenters. The molecule has 0 saturated heterocycles. The number of nitrogens with zero attached hydrogens (tertiary/aromatic N) is 1. The third kappa shape index (κ3) is 3.94. The van der Waals surface area contributed by atoms with Crippen molar-refractivity contribution in [2.45, 2.75) is 39.2 Å². The van der Waals surface area contributed by atoms with Gasteiger partial charge in [-0.25, -0.2) is 12.7 Å². The van der Waals surface area contributed by atoms with Crippen molar-refractivity contribution in [3.05, 3.63) is 0 Å². The molecule has 4 nitrogen and oxygen atoms in total. The Balaban J connectivity index is 4.40. The highest BCUT2D eigenvalue weighted by molar-refractivity contribution is 7.89. The third-order valence-electron chi connectivity index (χ3n) is 2.46.